The van der Waals surface area contributed by atoms with Gasteiger partial charge in [0, 0.05) is 12.6 Å². The second-order valence-electron chi connectivity index (χ2n) is 6.14. The number of nitrogens with zero attached hydrogens (tertiary/aromatic N) is 3. The van der Waals surface area contributed by atoms with Crippen LogP contribution in [-0.4, -0.2) is 32.5 Å². The molecule has 6 nitrogen and oxygen atoms in total. The third-order valence-corrected chi connectivity index (χ3v) is 3.17. The maximum absolute atomic E-state index is 11.7. The van der Waals surface area contributed by atoms with Gasteiger partial charge in [-0.3, -0.25) is 4.68 Å². The Morgan fingerprint density at radius 1 is 1.47 bits per heavy atom. The number of nitrogens with one attached hydrogen (secondary N) is 1. The van der Waals surface area contributed by atoms with Gasteiger partial charge in [-0.1, -0.05) is 0 Å². The first kappa shape index (κ1) is 13.8. The number of alkyl carbamates (subject to hydrolysis) is 1. The third kappa shape index (κ3) is 4.54. The number of ether oxygens (including phenoxy) is 1. The summed E-state index contributed by atoms with van der Waals surface area (Å²) >= 11 is 0. The van der Waals surface area contributed by atoms with E-state index < -0.39 is 5.60 Å². The average molecular weight is 266 g/mol. The molecule has 0 unspecified atom stereocenters. The van der Waals surface area contributed by atoms with E-state index in [-0.39, 0.29) is 12.1 Å². The summed E-state index contributed by atoms with van der Waals surface area (Å²) < 4.78 is 7.11. The lowest BCUT2D eigenvalue weighted by molar-refractivity contribution is 0.0504. The Kier molecular flexibility index (Phi) is 4.07. The zero-order chi connectivity index (χ0) is 13.9. The van der Waals surface area contributed by atoms with E-state index in [0.29, 0.717) is 5.92 Å². The third-order valence-electron chi connectivity index (χ3n) is 3.17. The van der Waals surface area contributed by atoms with Gasteiger partial charge in [-0.05, 0) is 46.0 Å². The Morgan fingerprint density at radius 2 is 2.26 bits per heavy atom. The number of hydrogen-bond donors (Lipinski definition) is 1. The molecule has 1 fully saturated rings. The van der Waals surface area contributed by atoms with E-state index in [1.807, 2.05) is 25.5 Å². The number of carbonyl (C=O) groups excluding carboxylic acids is 1. The summed E-state index contributed by atoms with van der Waals surface area (Å²) in [6.45, 7) is 6.48. The molecule has 1 amide bonds. The van der Waals surface area contributed by atoms with Crippen molar-refractivity contribution in [2.45, 2.75) is 58.2 Å². The van der Waals surface area contributed by atoms with Gasteiger partial charge in [0.05, 0.1) is 0 Å². The zero-order valence-electron chi connectivity index (χ0n) is 11.8. The van der Waals surface area contributed by atoms with Gasteiger partial charge < -0.3 is 10.1 Å². The first-order chi connectivity index (χ1) is 8.92. The van der Waals surface area contributed by atoms with Gasteiger partial charge in [-0.2, -0.15) is 5.10 Å². The van der Waals surface area contributed by atoms with E-state index in [0.717, 1.165) is 25.8 Å². The summed E-state index contributed by atoms with van der Waals surface area (Å²) in [6, 6.07) is 0.211. The summed E-state index contributed by atoms with van der Waals surface area (Å²) in [5.41, 5.74) is -0.442. The van der Waals surface area contributed by atoms with Crippen LogP contribution in [0, 0.1) is 5.92 Å². The van der Waals surface area contributed by atoms with E-state index in [1.165, 1.54) is 0 Å². The fraction of sp³-hybridized carbons (Fsp3) is 0.769. The summed E-state index contributed by atoms with van der Waals surface area (Å²) in [5.74, 6) is 0.543. The molecule has 0 radical (unpaired) electrons. The second kappa shape index (κ2) is 5.59. The Hall–Kier alpha value is -1.59. The lowest BCUT2D eigenvalue weighted by Gasteiger charge is -2.21. The molecule has 6 heteroatoms. The maximum atomic E-state index is 11.7. The van der Waals surface area contributed by atoms with Crippen molar-refractivity contribution in [1.29, 1.82) is 0 Å². The number of rotatable bonds is 3. The van der Waals surface area contributed by atoms with E-state index >= 15 is 0 Å². The highest BCUT2D eigenvalue weighted by atomic mass is 16.6. The fourth-order valence-electron chi connectivity index (χ4n) is 2.44. The van der Waals surface area contributed by atoms with E-state index in [9.17, 15) is 4.79 Å². The van der Waals surface area contributed by atoms with Crippen molar-refractivity contribution in [3.05, 3.63) is 12.7 Å². The molecule has 1 aliphatic rings. The average Bonchev–Trinajstić information content (AvgIpc) is 2.88. The molecule has 1 saturated carbocycles. The molecule has 2 rings (SSSR count). The van der Waals surface area contributed by atoms with Gasteiger partial charge in [0.15, 0.2) is 0 Å². The van der Waals surface area contributed by atoms with Gasteiger partial charge in [0.2, 0.25) is 0 Å². The van der Waals surface area contributed by atoms with Crippen LogP contribution in [-0.2, 0) is 11.3 Å². The molecule has 106 valence electrons. The first-order valence-electron chi connectivity index (χ1n) is 6.74. The van der Waals surface area contributed by atoms with Crippen LogP contribution in [0.5, 0.6) is 0 Å². The van der Waals surface area contributed by atoms with Crippen molar-refractivity contribution in [2.24, 2.45) is 5.92 Å². The molecule has 0 aromatic carbocycles. The van der Waals surface area contributed by atoms with Crippen LogP contribution < -0.4 is 5.32 Å². The summed E-state index contributed by atoms with van der Waals surface area (Å²) in [7, 11) is 0. The van der Waals surface area contributed by atoms with Crippen LogP contribution in [0.25, 0.3) is 0 Å². The second-order valence-corrected chi connectivity index (χ2v) is 6.14. The van der Waals surface area contributed by atoms with E-state index in [2.05, 4.69) is 15.4 Å². The minimum absolute atomic E-state index is 0.211. The molecular formula is C13H22N4O2. The minimum atomic E-state index is -0.442. The van der Waals surface area contributed by atoms with Crippen molar-refractivity contribution in [3.63, 3.8) is 0 Å². The largest absolute Gasteiger partial charge is 0.444 e. The van der Waals surface area contributed by atoms with Gasteiger partial charge in [0.1, 0.15) is 18.3 Å². The minimum Gasteiger partial charge on any atom is -0.444 e. The van der Waals surface area contributed by atoms with Crippen molar-refractivity contribution < 1.29 is 9.53 Å². The van der Waals surface area contributed by atoms with E-state index in [1.54, 1.807) is 12.7 Å². The summed E-state index contributed by atoms with van der Waals surface area (Å²) in [4.78, 5) is 15.6. The fourth-order valence-corrected chi connectivity index (χ4v) is 2.44. The summed E-state index contributed by atoms with van der Waals surface area (Å²) in [6.07, 6.45) is 6.02. The lowest BCUT2D eigenvalue weighted by Crippen LogP contribution is -2.38. The quantitative estimate of drug-likeness (QED) is 0.908. The number of aromatic nitrogens is 3. The van der Waals surface area contributed by atoms with Crippen molar-refractivity contribution in [3.8, 4) is 0 Å². The normalized spacial score (nSPS) is 23.3. The molecule has 1 aliphatic carbocycles. The number of carbonyl (C=O) groups is 1. The monoisotopic (exact) mass is 266 g/mol. The van der Waals surface area contributed by atoms with Crippen LogP contribution >= 0.6 is 0 Å². The van der Waals surface area contributed by atoms with Crippen LogP contribution in [0.15, 0.2) is 12.7 Å². The maximum Gasteiger partial charge on any atom is 0.407 e. The van der Waals surface area contributed by atoms with Gasteiger partial charge in [-0.25, -0.2) is 9.78 Å². The van der Waals surface area contributed by atoms with Gasteiger partial charge in [0.25, 0.3) is 0 Å². The van der Waals surface area contributed by atoms with Crippen molar-refractivity contribution in [2.75, 3.05) is 0 Å². The molecule has 19 heavy (non-hydrogen) atoms. The molecule has 1 aromatic rings. The Morgan fingerprint density at radius 3 is 2.89 bits per heavy atom. The molecule has 2 atom stereocenters. The Labute approximate surface area is 113 Å². The van der Waals surface area contributed by atoms with Crippen molar-refractivity contribution >= 4 is 6.09 Å². The van der Waals surface area contributed by atoms with Crippen LogP contribution in [0.2, 0.25) is 0 Å². The zero-order valence-corrected chi connectivity index (χ0v) is 11.8. The smallest absolute Gasteiger partial charge is 0.407 e. The van der Waals surface area contributed by atoms with Crippen molar-refractivity contribution in [1.82, 2.24) is 20.1 Å². The standard InChI is InChI=1S/C13H22N4O2/c1-13(2,3)19-12(18)16-11-5-4-10(6-11)7-17-9-14-8-15-17/h8-11H,4-7H2,1-3H3,(H,16,18)/t10-,11+/m0/s1. The highest BCUT2D eigenvalue weighted by Gasteiger charge is 2.27. The highest BCUT2D eigenvalue weighted by molar-refractivity contribution is 5.68. The molecule has 0 saturated heterocycles. The number of hydrogen-bond acceptors (Lipinski definition) is 4. The van der Waals surface area contributed by atoms with Gasteiger partial charge >= 0.3 is 6.09 Å². The Bertz CT molecular complexity index is 411. The molecule has 1 N–H and O–H groups in total. The van der Waals surface area contributed by atoms with Crippen LogP contribution in [0.3, 0.4) is 0 Å². The molecule has 0 spiro atoms. The molecule has 1 aromatic heterocycles. The van der Waals surface area contributed by atoms with Crippen LogP contribution in [0.1, 0.15) is 40.0 Å². The first-order valence-corrected chi connectivity index (χ1v) is 6.74. The number of amides is 1. The molecular weight excluding hydrogens is 244 g/mol. The van der Waals surface area contributed by atoms with E-state index in [4.69, 9.17) is 4.74 Å². The molecule has 0 aliphatic heterocycles. The SMILES string of the molecule is CC(C)(C)OC(=O)N[C@@H]1CC[C@H](Cn2cncn2)C1. The van der Waals surface area contributed by atoms with Gasteiger partial charge in [-0.15, -0.1) is 0 Å². The topological polar surface area (TPSA) is 69.0 Å². The highest BCUT2D eigenvalue weighted by Crippen LogP contribution is 2.27. The lowest BCUT2D eigenvalue weighted by atomic mass is 10.1. The van der Waals surface area contributed by atoms with Crippen LogP contribution in [0.4, 0.5) is 4.79 Å². The predicted molar refractivity (Wildman–Crippen MR) is 70.5 cm³/mol. The summed E-state index contributed by atoms with van der Waals surface area (Å²) in [5, 5.41) is 7.05. The predicted octanol–water partition coefficient (Wildman–Crippen LogP) is 1.97. The molecule has 0 bridgehead atoms. The Balaban J connectivity index is 1.74. The molecule has 1 heterocycles.